The van der Waals surface area contributed by atoms with Gasteiger partial charge in [0.1, 0.15) is 6.04 Å². The molecule has 0 bridgehead atoms. The minimum atomic E-state index is -0.615. The zero-order valence-corrected chi connectivity index (χ0v) is 16.0. The molecule has 142 valence electrons. The summed E-state index contributed by atoms with van der Waals surface area (Å²) in [6.45, 7) is 5.61. The van der Waals surface area contributed by atoms with Crippen LogP contribution in [0.2, 0.25) is 0 Å². The van der Waals surface area contributed by atoms with Gasteiger partial charge in [0, 0.05) is 19.5 Å². The predicted octanol–water partition coefficient (Wildman–Crippen LogP) is 2.02. The maximum atomic E-state index is 12.9. The van der Waals surface area contributed by atoms with Gasteiger partial charge in [0.05, 0.1) is 12.0 Å². The number of carbonyl (C=O) groups excluding carboxylic acids is 3. The summed E-state index contributed by atoms with van der Waals surface area (Å²) in [4.78, 5) is 38.9. The van der Waals surface area contributed by atoms with Crippen LogP contribution in [-0.4, -0.2) is 41.8 Å². The van der Waals surface area contributed by atoms with E-state index in [9.17, 15) is 14.4 Å². The van der Waals surface area contributed by atoms with Crippen molar-refractivity contribution in [1.82, 2.24) is 15.5 Å². The van der Waals surface area contributed by atoms with Crippen molar-refractivity contribution in [3.63, 3.8) is 0 Å². The van der Waals surface area contributed by atoms with Crippen molar-refractivity contribution in [2.75, 3.05) is 7.05 Å². The Morgan fingerprint density at radius 2 is 1.85 bits per heavy atom. The molecule has 3 amide bonds. The summed E-state index contributed by atoms with van der Waals surface area (Å²) >= 11 is 0. The molecule has 0 aliphatic carbocycles. The summed E-state index contributed by atoms with van der Waals surface area (Å²) in [6, 6.07) is 8.71. The lowest BCUT2D eigenvalue weighted by molar-refractivity contribution is -0.142. The number of nitrogens with zero attached hydrogens (tertiary/aromatic N) is 1. The summed E-state index contributed by atoms with van der Waals surface area (Å²) < 4.78 is 0. The van der Waals surface area contributed by atoms with Gasteiger partial charge in [-0.1, -0.05) is 37.3 Å². The third-order valence-electron chi connectivity index (χ3n) is 5.09. The summed E-state index contributed by atoms with van der Waals surface area (Å²) in [7, 11) is 1.73. The maximum absolute atomic E-state index is 12.9. The Morgan fingerprint density at radius 3 is 2.46 bits per heavy atom. The van der Waals surface area contributed by atoms with Crippen LogP contribution >= 0.6 is 0 Å². The van der Waals surface area contributed by atoms with E-state index in [2.05, 4.69) is 10.6 Å². The van der Waals surface area contributed by atoms with Crippen LogP contribution in [0.3, 0.4) is 0 Å². The molecule has 1 aliphatic rings. The molecule has 6 nitrogen and oxygen atoms in total. The van der Waals surface area contributed by atoms with Gasteiger partial charge >= 0.3 is 0 Å². The fourth-order valence-electron chi connectivity index (χ4n) is 3.27. The Hall–Kier alpha value is -2.37. The molecule has 2 N–H and O–H groups in total. The van der Waals surface area contributed by atoms with Gasteiger partial charge in [0.15, 0.2) is 0 Å². The monoisotopic (exact) mass is 359 g/mol. The highest BCUT2D eigenvalue weighted by molar-refractivity contribution is 5.90. The van der Waals surface area contributed by atoms with E-state index in [1.165, 1.54) is 0 Å². The number of nitrogens with one attached hydrogen (secondary N) is 2. The highest BCUT2D eigenvalue weighted by Gasteiger charge is 2.39. The molecule has 1 aromatic rings. The Labute approximate surface area is 155 Å². The van der Waals surface area contributed by atoms with Crippen LogP contribution in [-0.2, 0) is 14.4 Å². The van der Waals surface area contributed by atoms with Crippen molar-refractivity contribution in [1.29, 1.82) is 0 Å². The van der Waals surface area contributed by atoms with Gasteiger partial charge in [-0.25, -0.2) is 0 Å². The molecule has 0 spiro atoms. The molecule has 1 aliphatic heterocycles. The molecule has 1 aromatic carbocycles. The van der Waals surface area contributed by atoms with Crippen LogP contribution in [0.4, 0.5) is 0 Å². The standard InChI is InChI=1S/C20H29N3O3/c1-5-13(2)21-19(25)14(3)22-20(26)16-11-12-17(24)23(4)18(16)15-9-7-6-8-10-15/h6-10,13-14,16,18H,5,11-12H2,1-4H3,(H,21,25)(H,22,26). The molecule has 2 rings (SSSR count). The second kappa shape index (κ2) is 8.83. The van der Waals surface area contributed by atoms with Crippen molar-refractivity contribution in [3.05, 3.63) is 35.9 Å². The van der Waals surface area contributed by atoms with Gasteiger partial charge in [-0.2, -0.15) is 0 Å². The number of benzene rings is 1. The zero-order chi connectivity index (χ0) is 19.3. The fraction of sp³-hybridized carbons (Fsp3) is 0.550. The largest absolute Gasteiger partial charge is 0.352 e. The number of carbonyl (C=O) groups is 3. The Morgan fingerprint density at radius 1 is 1.19 bits per heavy atom. The molecule has 4 unspecified atom stereocenters. The Kier molecular flexibility index (Phi) is 6.77. The van der Waals surface area contributed by atoms with Gasteiger partial charge in [-0.15, -0.1) is 0 Å². The van der Waals surface area contributed by atoms with Crippen LogP contribution in [0.15, 0.2) is 30.3 Å². The first-order valence-corrected chi connectivity index (χ1v) is 9.26. The fourth-order valence-corrected chi connectivity index (χ4v) is 3.27. The second-order valence-electron chi connectivity index (χ2n) is 7.05. The molecule has 1 fully saturated rings. The minimum absolute atomic E-state index is 0.0328. The SMILES string of the molecule is CCC(C)NC(=O)C(C)NC(=O)C1CCC(=O)N(C)C1c1ccccc1. The molecule has 1 saturated heterocycles. The van der Waals surface area contributed by atoms with Gasteiger partial charge in [0.2, 0.25) is 17.7 Å². The van der Waals surface area contributed by atoms with Crippen LogP contribution in [0.25, 0.3) is 0 Å². The van der Waals surface area contributed by atoms with Crippen LogP contribution in [0.1, 0.15) is 51.6 Å². The average Bonchev–Trinajstić information content (AvgIpc) is 2.64. The van der Waals surface area contributed by atoms with E-state index in [0.29, 0.717) is 12.8 Å². The van der Waals surface area contributed by atoms with E-state index in [0.717, 1.165) is 12.0 Å². The zero-order valence-electron chi connectivity index (χ0n) is 16.0. The molecule has 4 atom stereocenters. The number of rotatable bonds is 6. The smallest absolute Gasteiger partial charge is 0.242 e. The van der Waals surface area contributed by atoms with Gasteiger partial charge in [-0.05, 0) is 32.3 Å². The molecule has 26 heavy (non-hydrogen) atoms. The highest BCUT2D eigenvalue weighted by Crippen LogP contribution is 2.35. The first-order chi connectivity index (χ1) is 12.3. The topological polar surface area (TPSA) is 78.5 Å². The first-order valence-electron chi connectivity index (χ1n) is 9.26. The van der Waals surface area contributed by atoms with Gasteiger partial charge in [0.25, 0.3) is 0 Å². The summed E-state index contributed by atoms with van der Waals surface area (Å²) in [5, 5.41) is 5.70. The molecule has 0 radical (unpaired) electrons. The molecule has 6 heteroatoms. The molecular weight excluding hydrogens is 330 g/mol. The summed E-state index contributed by atoms with van der Waals surface area (Å²) in [5.74, 6) is -0.724. The van der Waals surface area contributed by atoms with E-state index in [-0.39, 0.29) is 35.7 Å². The number of hydrogen-bond donors (Lipinski definition) is 2. The number of hydrogen-bond acceptors (Lipinski definition) is 3. The lowest BCUT2D eigenvalue weighted by Crippen LogP contribution is -2.52. The molecule has 1 heterocycles. The first kappa shape index (κ1) is 19.9. The van der Waals surface area contributed by atoms with Gasteiger partial charge in [-0.3, -0.25) is 14.4 Å². The lowest BCUT2D eigenvalue weighted by atomic mass is 9.84. The van der Waals surface area contributed by atoms with Crippen LogP contribution in [0.5, 0.6) is 0 Å². The van der Waals surface area contributed by atoms with E-state index in [4.69, 9.17) is 0 Å². The number of likely N-dealkylation sites (tertiary alicyclic amines) is 1. The number of amides is 3. The predicted molar refractivity (Wildman–Crippen MR) is 100 cm³/mol. The molecule has 0 aromatic heterocycles. The second-order valence-corrected chi connectivity index (χ2v) is 7.05. The Bertz CT molecular complexity index is 647. The summed E-state index contributed by atoms with van der Waals surface area (Å²) in [6.07, 6.45) is 1.65. The third kappa shape index (κ3) is 4.62. The van der Waals surface area contributed by atoms with Crippen molar-refractivity contribution >= 4 is 17.7 Å². The van der Waals surface area contributed by atoms with Crippen LogP contribution in [0, 0.1) is 5.92 Å². The average molecular weight is 359 g/mol. The quantitative estimate of drug-likeness (QED) is 0.816. The van der Waals surface area contributed by atoms with Crippen molar-refractivity contribution in [2.45, 2.75) is 58.2 Å². The van der Waals surface area contributed by atoms with E-state index < -0.39 is 6.04 Å². The maximum Gasteiger partial charge on any atom is 0.242 e. The van der Waals surface area contributed by atoms with Gasteiger partial charge < -0.3 is 15.5 Å². The van der Waals surface area contributed by atoms with E-state index in [1.807, 2.05) is 44.2 Å². The van der Waals surface area contributed by atoms with E-state index >= 15 is 0 Å². The third-order valence-corrected chi connectivity index (χ3v) is 5.09. The van der Waals surface area contributed by atoms with Crippen molar-refractivity contribution in [3.8, 4) is 0 Å². The van der Waals surface area contributed by atoms with Crippen molar-refractivity contribution < 1.29 is 14.4 Å². The van der Waals surface area contributed by atoms with E-state index in [1.54, 1.807) is 18.9 Å². The highest BCUT2D eigenvalue weighted by atomic mass is 16.2. The summed E-state index contributed by atoms with van der Waals surface area (Å²) in [5.41, 5.74) is 0.930. The number of piperidine rings is 1. The molecule has 0 saturated carbocycles. The minimum Gasteiger partial charge on any atom is -0.352 e. The normalized spacial score (nSPS) is 22.5. The molecular formula is C20H29N3O3. The lowest BCUT2D eigenvalue weighted by Gasteiger charge is -2.39. The Balaban J connectivity index is 2.12. The van der Waals surface area contributed by atoms with Crippen LogP contribution < -0.4 is 10.6 Å². The van der Waals surface area contributed by atoms with Crippen molar-refractivity contribution in [2.24, 2.45) is 5.92 Å².